The van der Waals surface area contributed by atoms with Crippen molar-refractivity contribution in [2.45, 2.75) is 26.2 Å². The Morgan fingerprint density at radius 2 is 2.11 bits per heavy atom. The van der Waals surface area contributed by atoms with Gasteiger partial charge in [0.25, 0.3) is 0 Å². The smallest absolute Gasteiger partial charge is 0.236 e. The maximum atomic E-state index is 11.8. The number of likely N-dealkylation sites (N-methyl/N-ethyl adjacent to an activating group) is 1. The molecule has 5 nitrogen and oxygen atoms in total. The van der Waals surface area contributed by atoms with Crippen LogP contribution in [0, 0.1) is 5.92 Å². The van der Waals surface area contributed by atoms with E-state index in [1.807, 2.05) is 6.92 Å². The van der Waals surface area contributed by atoms with Gasteiger partial charge in [-0.25, -0.2) is 0 Å². The van der Waals surface area contributed by atoms with Gasteiger partial charge in [-0.15, -0.1) is 12.4 Å². The van der Waals surface area contributed by atoms with E-state index in [-0.39, 0.29) is 30.1 Å². The van der Waals surface area contributed by atoms with Crippen LogP contribution >= 0.6 is 12.4 Å². The average Bonchev–Trinajstić information content (AvgIpc) is 2.36. The Balaban J connectivity index is 0.00000289. The molecule has 0 aliphatic carbocycles. The topological polar surface area (TPSA) is 61.4 Å². The fraction of sp³-hybridized carbons (Fsp3) is 0.833. The van der Waals surface area contributed by atoms with E-state index in [2.05, 4.69) is 10.6 Å². The highest BCUT2D eigenvalue weighted by Crippen LogP contribution is 2.16. The molecule has 1 unspecified atom stereocenters. The van der Waals surface area contributed by atoms with Crippen LogP contribution in [0.3, 0.4) is 0 Å². The molecule has 0 aromatic rings. The zero-order chi connectivity index (χ0) is 12.7. The van der Waals surface area contributed by atoms with E-state index < -0.39 is 0 Å². The highest BCUT2D eigenvalue weighted by Gasteiger charge is 2.27. The third kappa shape index (κ3) is 5.23. The predicted octanol–water partition coefficient (Wildman–Crippen LogP) is 0.392. The summed E-state index contributed by atoms with van der Waals surface area (Å²) in [5.41, 5.74) is 0. The van der Waals surface area contributed by atoms with Crippen LogP contribution in [0.15, 0.2) is 0 Å². The second-order valence-corrected chi connectivity index (χ2v) is 4.50. The lowest BCUT2D eigenvalue weighted by Gasteiger charge is -2.32. The summed E-state index contributed by atoms with van der Waals surface area (Å²) in [5.74, 6) is 0.144. The van der Waals surface area contributed by atoms with Crippen LogP contribution < -0.4 is 10.6 Å². The number of piperidine rings is 1. The van der Waals surface area contributed by atoms with E-state index in [4.69, 9.17) is 0 Å². The third-order valence-corrected chi connectivity index (χ3v) is 3.02. The molecule has 0 aromatic carbocycles. The van der Waals surface area contributed by atoms with Gasteiger partial charge in [0.05, 0.1) is 12.5 Å². The number of nitrogens with one attached hydrogen (secondary N) is 2. The quantitative estimate of drug-likeness (QED) is 0.764. The molecule has 2 amide bonds. The molecule has 1 fully saturated rings. The van der Waals surface area contributed by atoms with Crippen LogP contribution in [0.1, 0.15) is 26.2 Å². The van der Waals surface area contributed by atoms with Gasteiger partial charge < -0.3 is 15.5 Å². The Morgan fingerprint density at radius 3 is 2.72 bits per heavy atom. The molecule has 0 radical (unpaired) electrons. The number of hydrogen-bond acceptors (Lipinski definition) is 3. The molecule has 2 N–H and O–H groups in total. The van der Waals surface area contributed by atoms with Crippen molar-refractivity contribution < 1.29 is 9.59 Å². The lowest BCUT2D eigenvalue weighted by atomic mass is 9.97. The summed E-state index contributed by atoms with van der Waals surface area (Å²) in [4.78, 5) is 25.3. The van der Waals surface area contributed by atoms with Gasteiger partial charge >= 0.3 is 0 Å². The summed E-state index contributed by atoms with van der Waals surface area (Å²) in [6.45, 7) is 4.45. The zero-order valence-corrected chi connectivity index (χ0v) is 12.0. The Hall–Kier alpha value is -0.810. The molecule has 6 heteroatoms. The Labute approximate surface area is 115 Å². The van der Waals surface area contributed by atoms with Gasteiger partial charge in [-0.3, -0.25) is 9.59 Å². The van der Waals surface area contributed by atoms with Crippen molar-refractivity contribution in [2.75, 3.05) is 33.2 Å². The summed E-state index contributed by atoms with van der Waals surface area (Å²) < 4.78 is 0. The number of carbonyl (C=O) groups is 2. The lowest BCUT2D eigenvalue weighted by molar-refractivity contribution is -0.134. The van der Waals surface area contributed by atoms with Crippen molar-refractivity contribution in [1.82, 2.24) is 15.5 Å². The highest BCUT2D eigenvalue weighted by atomic mass is 35.5. The first-order chi connectivity index (χ1) is 8.19. The van der Waals surface area contributed by atoms with Crippen molar-refractivity contribution in [3.8, 4) is 0 Å². The fourth-order valence-electron chi connectivity index (χ4n) is 2.07. The predicted molar refractivity (Wildman–Crippen MR) is 73.8 cm³/mol. The van der Waals surface area contributed by atoms with Crippen LogP contribution in [0.4, 0.5) is 0 Å². The molecular formula is C12H24ClN3O2. The Morgan fingerprint density at radius 1 is 1.39 bits per heavy atom. The molecule has 1 aliphatic rings. The van der Waals surface area contributed by atoms with Crippen molar-refractivity contribution in [2.24, 2.45) is 5.92 Å². The molecule has 106 valence electrons. The normalized spacial score (nSPS) is 19.0. The number of nitrogens with zero attached hydrogens (tertiary/aromatic N) is 1. The van der Waals surface area contributed by atoms with Gasteiger partial charge in [0.2, 0.25) is 11.8 Å². The molecule has 18 heavy (non-hydrogen) atoms. The molecule has 1 atom stereocenters. The molecule has 1 heterocycles. The van der Waals surface area contributed by atoms with E-state index in [9.17, 15) is 9.59 Å². The van der Waals surface area contributed by atoms with E-state index >= 15 is 0 Å². The van der Waals surface area contributed by atoms with Crippen LogP contribution in [-0.2, 0) is 9.59 Å². The van der Waals surface area contributed by atoms with Crippen LogP contribution in [0.5, 0.6) is 0 Å². The summed E-state index contributed by atoms with van der Waals surface area (Å²) in [5, 5.41) is 5.75. The van der Waals surface area contributed by atoms with Crippen LogP contribution in [0.2, 0.25) is 0 Å². The molecule has 1 rings (SSSR count). The highest BCUT2D eigenvalue weighted by molar-refractivity contribution is 5.85. The van der Waals surface area contributed by atoms with Gasteiger partial charge in [0, 0.05) is 19.6 Å². The standard InChI is InChI=1S/C12H23N3O2.ClH/c1-3-6-14-12(17)10-5-4-7-15(9-10)11(16)8-13-2;/h10,13H,3-9H2,1-2H3,(H,14,17);1H. The maximum Gasteiger partial charge on any atom is 0.236 e. The second kappa shape index (κ2) is 9.16. The molecule has 1 saturated heterocycles. The summed E-state index contributed by atoms with van der Waals surface area (Å²) >= 11 is 0. The Kier molecular flexibility index (Phi) is 8.75. The summed E-state index contributed by atoms with van der Waals surface area (Å²) in [6, 6.07) is 0. The average molecular weight is 278 g/mol. The SMILES string of the molecule is CCCNC(=O)C1CCCN(C(=O)CNC)C1.Cl. The van der Waals surface area contributed by atoms with E-state index in [0.29, 0.717) is 13.1 Å². The van der Waals surface area contributed by atoms with Gasteiger partial charge in [-0.2, -0.15) is 0 Å². The largest absolute Gasteiger partial charge is 0.356 e. The van der Waals surface area contributed by atoms with Crippen LogP contribution in [-0.4, -0.2) is 49.9 Å². The first-order valence-electron chi connectivity index (χ1n) is 6.39. The Bertz CT molecular complexity index is 274. The molecule has 0 saturated carbocycles. The summed E-state index contributed by atoms with van der Waals surface area (Å²) in [6.07, 6.45) is 2.75. The van der Waals surface area contributed by atoms with Crippen LogP contribution in [0.25, 0.3) is 0 Å². The maximum absolute atomic E-state index is 11.8. The minimum absolute atomic E-state index is 0. The lowest BCUT2D eigenvalue weighted by Crippen LogP contribution is -2.47. The first kappa shape index (κ1) is 17.2. The van der Waals surface area contributed by atoms with Crippen molar-refractivity contribution >= 4 is 24.2 Å². The number of rotatable bonds is 5. The number of carbonyl (C=O) groups excluding carboxylic acids is 2. The fourth-order valence-corrected chi connectivity index (χ4v) is 2.07. The molecule has 0 aromatic heterocycles. The minimum Gasteiger partial charge on any atom is -0.356 e. The number of halogens is 1. The first-order valence-corrected chi connectivity index (χ1v) is 6.39. The number of hydrogen-bond donors (Lipinski definition) is 2. The van der Waals surface area contributed by atoms with Crippen molar-refractivity contribution in [3.05, 3.63) is 0 Å². The van der Waals surface area contributed by atoms with Crippen molar-refractivity contribution in [3.63, 3.8) is 0 Å². The van der Waals surface area contributed by atoms with Gasteiger partial charge in [0.15, 0.2) is 0 Å². The summed E-state index contributed by atoms with van der Waals surface area (Å²) in [7, 11) is 1.76. The monoisotopic (exact) mass is 277 g/mol. The van der Waals surface area contributed by atoms with E-state index in [1.165, 1.54) is 0 Å². The van der Waals surface area contributed by atoms with Gasteiger partial charge in [0.1, 0.15) is 0 Å². The van der Waals surface area contributed by atoms with Gasteiger partial charge in [-0.05, 0) is 26.3 Å². The van der Waals surface area contributed by atoms with Crippen molar-refractivity contribution in [1.29, 1.82) is 0 Å². The molecule has 1 aliphatic heterocycles. The third-order valence-electron chi connectivity index (χ3n) is 3.02. The second-order valence-electron chi connectivity index (χ2n) is 4.50. The van der Waals surface area contributed by atoms with E-state index in [0.717, 1.165) is 32.4 Å². The zero-order valence-electron chi connectivity index (χ0n) is 11.2. The van der Waals surface area contributed by atoms with Gasteiger partial charge in [-0.1, -0.05) is 6.92 Å². The van der Waals surface area contributed by atoms with E-state index in [1.54, 1.807) is 11.9 Å². The number of likely N-dealkylation sites (tertiary alicyclic amines) is 1. The molecular weight excluding hydrogens is 254 g/mol. The molecule has 0 spiro atoms. The number of amides is 2. The molecule has 0 bridgehead atoms. The minimum atomic E-state index is -0.0314.